The van der Waals surface area contributed by atoms with Gasteiger partial charge >= 0.3 is 12.2 Å². The number of aromatic nitrogens is 4. The van der Waals surface area contributed by atoms with Gasteiger partial charge in [0.2, 0.25) is 0 Å². The first-order chi connectivity index (χ1) is 17.1. The number of nitrogens with one attached hydrogen (secondary N) is 3. The molecule has 10 nitrogen and oxygen atoms in total. The molecule has 4 N–H and O–H groups in total. The molecule has 188 valence electrons. The van der Waals surface area contributed by atoms with E-state index in [4.69, 9.17) is 0 Å². The number of carbonyl (C=O) groups excluding carboxylic acids is 1. The third-order valence-electron chi connectivity index (χ3n) is 5.12. The van der Waals surface area contributed by atoms with Gasteiger partial charge in [0, 0.05) is 29.2 Å². The number of rotatable bonds is 6. The van der Waals surface area contributed by atoms with Gasteiger partial charge in [0.1, 0.15) is 10.8 Å². The summed E-state index contributed by atoms with van der Waals surface area (Å²) in [5.41, 5.74) is -1.22. The van der Waals surface area contributed by atoms with Crippen LogP contribution in [0.3, 0.4) is 0 Å². The number of urea groups is 1. The van der Waals surface area contributed by atoms with E-state index in [0.29, 0.717) is 17.7 Å². The second kappa shape index (κ2) is 9.91. The number of aromatic amines is 1. The average molecular weight is 520 g/mol. The smallest absolute Gasteiger partial charge is 0.394 e. The van der Waals surface area contributed by atoms with Gasteiger partial charge in [0.25, 0.3) is 11.1 Å². The molecule has 3 heterocycles. The van der Waals surface area contributed by atoms with Crippen LogP contribution in [-0.4, -0.2) is 44.0 Å². The minimum Gasteiger partial charge on any atom is -0.394 e. The maximum Gasteiger partial charge on any atom is 0.434 e. The van der Waals surface area contributed by atoms with Crippen LogP contribution in [0, 0.1) is 0 Å². The molecule has 0 saturated heterocycles. The van der Waals surface area contributed by atoms with Gasteiger partial charge in [-0.3, -0.25) is 20.0 Å². The van der Waals surface area contributed by atoms with Crippen LogP contribution in [0.5, 0.6) is 0 Å². The quantitative estimate of drug-likeness (QED) is 0.308. The lowest BCUT2D eigenvalue weighted by Crippen LogP contribution is -2.30. The Labute approximate surface area is 204 Å². The van der Waals surface area contributed by atoms with Gasteiger partial charge in [-0.2, -0.15) is 13.2 Å². The molecule has 3 aromatic heterocycles. The van der Waals surface area contributed by atoms with Gasteiger partial charge in [-0.15, -0.1) is 11.3 Å². The third kappa shape index (κ3) is 4.99. The first-order valence-electron chi connectivity index (χ1n) is 10.6. The molecule has 1 aromatic carbocycles. The van der Waals surface area contributed by atoms with Crippen molar-refractivity contribution in [1.82, 2.24) is 25.1 Å². The average Bonchev–Trinajstić information content (AvgIpc) is 3.33. The molecule has 0 spiro atoms. The van der Waals surface area contributed by atoms with Crippen LogP contribution in [0.2, 0.25) is 0 Å². The van der Waals surface area contributed by atoms with E-state index in [0.717, 1.165) is 21.4 Å². The Morgan fingerprint density at radius 2 is 1.97 bits per heavy atom. The van der Waals surface area contributed by atoms with Crippen molar-refractivity contribution in [2.24, 2.45) is 0 Å². The number of nitrogens with zero attached hydrogens (tertiary/aromatic N) is 3. The van der Waals surface area contributed by atoms with Gasteiger partial charge in [0.15, 0.2) is 5.69 Å². The minimum absolute atomic E-state index is 0.0161. The molecule has 0 aliphatic carbocycles. The van der Waals surface area contributed by atoms with Crippen LogP contribution < -0.4 is 21.8 Å². The van der Waals surface area contributed by atoms with Crippen LogP contribution in [0.4, 0.5) is 23.8 Å². The van der Waals surface area contributed by atoms with Gasteiger partial charge < -0.3 is 10.4 Å². The lowest BCUT2D eigenvalue weighted by atomic mass is 9.99. The third-order valence-corrected chi connectivity index (χ3v) is 5.99. The summed E-state index contributed by atoms with van der Waals surface area (Å²) in [6.45, 7) is 1.57. The molecule has 0 bridgehead atoms. The molecular formula is C22H19F3N6O4S. The molecule has 2 amide bonds. The maximum atomic E-state index is 13.2. The zero-order valence-electron chi connectivity index (χ0n) is 18.6. The van der Waals surface area contributed by atoms with Crippen LogP contribution in [0.25, 0.3) is 32.5 Å². The second-order valence-electron chi connectivity index (χ2n) is 7.52. The van der Waals surface area contributed by atoms with Crippen LogP contribution in [0.1, 0.15) is 12.6 Å². The molecule has 4 aromatic rings. The zero-order chi connectivity index (χ0) is 26.0. The molecule has 0 atom stereocenters. The van der Waals surface area contributed by atoms with E-state index >= 15 is 0 Å². The predicted molar refractivity (Wildman–Crippen MR) is 128 cm³/mol. The molecular weight excluding hydrogens is 501 g/mol. The summed E-state index contributed by atoms with van der Waals surface area (Å²) < 4.78 is 40.6. The molecule has 4 rings (SSSR count). The number of hydrogen-bond donors (Lipinski definition) is 4. The summed E-state index contributed by atoms with van der Waals surface area (Å²) >= 11 is 0.759. The van der Waals surface area contributed by atoms with Gasteiger partial charge in [-0.05, 0) is 30.7 Å². The molecule has 0 aliphatic rings. The van der Waals surface area contributed by atoms with Crippen molar-refractivity contribution in [1.29, 1.82) is 0 Å². The molecule has 0 unspecified atom stereocenters. The van der Waals surface area contributed by atoms with E-state index < -0.39 is 29.0 Å². The van der Waals surface area contributed by atoms with E-state index in [1.807, 2.05) is 0 Å². The Bertz CT molecular complexity index is 1560. The number of pyridine rings is 1. The minimum atomic E-state index is -4.65. The summed E-state index contributed by atoms with van der Waals surface area (Å²) in [5, 5.41) is 17.6. The second-order valence-corrected chi connectivity index (χ2v) is 8.38. The number of aliphatic hydroxyl groups is 1. The number of anilines is 1. The Balaban J connectivity index is 1.90. The highest BCUT2D eigenvalue weighted by molar-refractivity contribution is 7.13. The number of thiazole rings is 1. The van der Waals surface area contributed by atoms with Crippen LogP contribution in [-0.2, 0) is 12.7 Å². The van der Waals surface area contributed by atoms with Crippen molar-refractivity contribution in [3.8, 4) is 21.7 Å². The largest absolute Gasteiger partial charge is 0.434 e. The highest BCUT2D eigenvalue weighted by Crippen LogP contribution is 2.38. The van der Waals surface area contributed by atoms with Gasteiger partial charge in [0.05, 0.1) is 23.9 Å². The number of alkyl halides is 3. The number of H-pyrrole nitrogens is 1. The van der Waals surface area contributed by atoms with Crippen LogP contribution in [0.15, 0.2) is 45.4 Å². The number of aliphatic hydroxyl groups excluding tert-OH is 1. The van der Waals surface area contributed by atoms with E-state index in [1.54, 1.807) is 6.92 Å². The SMILES string of the molecule is CCNC(=O)Nc1cc(-c2nc(C(F)(F)F)cs2)c(-c2ccc3c(=O)[nH]n(CCO)c(=O)c3c2)cn1. The Kier molecular flexibility index (Phi) is 6.90. The number of fused-ring (bicyclic) bond motifs is 1. The molecule has 36 heavy (non-hydrogen) atoms. The predicted octanol–water partition coefficient (Wildman–Crippen LogP) is 3.03. The fourth-order valence-corrected chi connectivity index (χ4v) is 4.36. The van der Waals surface area contributed by atoms with Gasteiger partial charge in [-0.25, -0.2) is 19.4 Å². The van der Waals surface area contributed by atoms with Crippen molar-refractivity contribution in [3.05, 3.63) is 62.2 Å². The topological polar surface area (TPSA) is 142 Å². The number of amides is 2. The molecule has 0 aliphatic heterocycles. The van der Waals surface area contributed by atoms with Crippen molar-refractivity contribution in [3.63, 3.8) is 0 Å². The first-order valence-corrected chi connectivity index (χ1v) is 11.5. The molecule has 0 radical (unpaired) electrons. The van der Waals surface area contributed by atoms with Crippen molar-refractivity contribution in [2.75, 3.05) is 18.5 Å². The summed E-state index contributed by atoms with van der Waals surface area (Å²) in [6, 6.07) is 5.21. The molecule has 0 fully saturated rings. The van der Waals surface area contributed by atoms with Crippen molar-refractivity contribution < 1.29 is 23.1 Å². The van der Waals surface area contributed by atoms with E-state index in [1.165, 1.54) is 30.5 Å². The summed E-state index contributed by atoms with van der Waals surface area (Å²) in [7, 11) is 0. The Morgan fingerprint density at radius 1 is 1.19 bits per heavy atom. The normalized spacial score (nSPS) is 11.6. The maximum absolute atomic E-state index is 13.2. The number of benzene rings is 1. The van der Waals surface area contributed by atoms with Crippen molar-refractivity contribution in [2.45, 2.75) is 19.6 Å². The fourth-order valence-electron chi connectivity index (χ4n) is 3.50. The number of halogens is 3. The Hall–Kier alpha value is -4.04. The summed E-state index contributed by atoms with van der Waals surface area (Å²) in [5.74, 6) is 0.0750. The monoisotopic (exact) mass is 520 g/mol. The van der Waals surface area contributed by atoms with Gasteiger partial charge in [-0.1, -0.05) is 6.07 Å². The fraction of sp³-hybridized carbons (Fsp3) is 0.227. The zero-order valence-corrected chi connectivity index (χ0v) is 19.5. The molecule has 14 heteroatoms. The first kappa shape index (κ1) is 25.1. The standard InChI is InChI=1S/C22H19F3N6O4S/c1-2-26-21(35)29-17-8-13(19-28-16(10-36-19)22(23,24)25)15(9-27-17)11-3-4-12-14(7-11)20(34)31(5-6-32)30-18(12)33/h3-4,7-10,32H,2,5-6H2,1H3,(H,30,33)(H2,26,27,29,35). The highest BCUT2D eigenvalue weighted by atomic mass is 32.1. The Morgan fingerprint density at radius 3 is 2.64 bits per heavy atom. The molecule has 0 saturated carbocycles. The number of carbonyl (C=O) groups is 1. The van der Waals surface area contributed by atoms with E-state index in [2.05, 4.69) is 25.7 Å². The summed E-state index contributed by atoms with van der Waals surface area (Å²) in [4.78, 5) is 45.1. The lowest BCUT2D eigenvalue weighted by molar-refractivity contribution is -0.140. The lowest BCUT2D eigenvalue weighted by Gasteiger charge is -2.12. The van der Waals surface area contributed by atoms with E-state index in [9.17, 15) is 32.7 Å². The highest BCUT2D eigenvalue weighted by Gasteiger charge is 2.34. The summed E-state index contributed by atoms with van der Waals surface area (Å²) in [6.07, 6.45) is -3.31. The van der Waals surface area contributed by atoms with E-state index in [-0.39, 0.29) is 40.3 Å². The van der Waals surface area contributed by atoms with Crippen molar-refractivity contribution >= 4 is 34.0 Å². The number of hydrogen-bond acceptors (Lipinski definition) is 7. The van der Waals surface area contributed by atoms with Crippen LogP contribution >= 0.6 is 11.3 Å².